The van der Waals surface area contributed by atoms with E-state index in [4.69, 9.17) is 4.74 Å². The van der Waals surface area contributed by atoms with Gasteiger partial charge in [0.1, 0.15) is 17.1 Å². The molecule has 0 aliphatic rings. The first-order chi connectivity index (χ1) is 13.5. The van der Waals surface area contributed by atoms with Gasteiger partial charge in [-0.05, 0) is 36.8 Å². The minimum absolute atomic E-state index is 0.148. The Hall–Kier alpha value is -3.61. The fourth-order valence-corrected chi connectivity index (χ4v) is 3.14. The van der Waals surface area contributed by atoms with Gasteiger partial charge in [-0.15, -0.1) is 0 Å². The smallest absolute Gasteiger partial charge is 0.270 e. The molecule has 0 spiro atoms. The lowest BCUT2D eigenvalue weighted by atomic mass is 10.1. The summed E-state index contributed by atoms with van der Waals surface area (Å²) in [5.74, 6) is 0.603. The molecule has 142 valence electrons. The third kappa shape index (κ3) is 3.34. The highest BCUT2D eigenvalue weighted by molar-refractivity contribution is 5.93. The van der Waals surface area contributed by atoms with Gasteiger partial charge in [-0.1, -0.05) is 12.1 Å². The van der Waals surface area contributed by atoms with Crippen molar-refractivity contribution in [2.24, 2.45) is 7.05 Å². The fourth-order valence-electron chi connectivity index (χ4n) is 3.14. The molecule has 1 N–H and O–H groups in total. The van der Waals surface area contributed by atoms with Crippen molar-refractivity contribution in [1.29, 1.82) is 0 Å². The van der Waals surface area contributed by atoms with Gasteiger partial charge < -0.3 is 10.1 Å². The van der Waals surface area contributed by atoms with Gasteiger partial charge in [0, 0.05) is 30.6 Å². The molecular weight excluding hydrogens is 354 g/mol. The molecule has 1 atom stereocenters. The standard InChI is InChI=1S/C21H21N5O2/c1-14(15-4-7-18(28-3)8-5-15)24-21(27)19-11-22-20-9-6-16(13-26(19)20)17-10-23-25(2)12-17/h4-14H,1-3H3,(H,24,27)/t14-/m0/s1. The molecule has 0 saturated heterocycles. The lowest BCUT2D eigenvalue weighted by Gasteiger charge is -2.14. The topological polar surface area (TPSA) is 73.4 Å². The molecule has 28 heavy (non-hydrogen) atoms. The number of pyridine rings is 1. The molecule has 4 rings (SSSR count). The second-order valence-corrected chi connectivity index (χ2v) is 6.66. The first-order valence-corrected chi connectivity index (χ1v) is 8.96. The second kappa shape index (κ2) is 7.19. The zero-order chi connectivity index (χ0) is 19.7. The molecule has 0 aliphatic carbocycles. The van der Waals surface area contributed by atoms with Crippen molar-refractivity contribution in [3.05, 3.63) is 72.4 Å². The summed E-state index contributed by atoms with van der Waals surface area (Å²) < 4.78 is 8.73. The number of methoxy groups -OCH3 is 1. The quantitative estimate of drug-likeness (QED) is 0.581. The number of imidazole rings is 1. The number of aromatic nitrogens is 4. The van der Waals surface area contributed by atoms with Crippen LogP contribution in [0.25, 0.3) is 16.8 Å². The van der Waals surface area contributed by atoms with Crippen LogP contribution in [-0.2, 0) is 7.05 Å². The van der Waals surface area contributed by atoms with Crippen LogP contribution in [0.5, 0.6) is 5.75 Å². The number of hydrogen-bond donors (Lipinski definition) is 1. The molecule has 1 aromatic carbocycles. The van der Waals surface area contributed by atoms with E-state index in [-0.39, 0.29) is 11.9 Å². The number of nitrogens with one attached hydrogen (secondary N) is 1. The van der Waals surface area contributed by atoms with Crippen LogP contribution in [0.1, 0.15) is 29.0 Å². The van der Waals surface area contributed by atoms with Gasteiger partial charge >= 0.3 is 0 Å². The first-order valence-electron chi connectivity index (χ1n) is 8.96. The number of benzene rings is 1. The maximum Gasteiger partial charge on any atom is 0.270 e. The number of hydrogen-bond acceptors (Lipinski definition) is 4. The van der Waals surface area contributed by atoms with Crippen molar-refractivity contribution >= 4 is 11.6 Å². The van der Waals surface area contributed by atoms with Crippen LogP contribution in [0.3, 0.4) is 0 Å². The molecular formula is C21H21N5O2. The van der Waals surface area contributed by atoms with Crippen LogP contribution in [0.4, 0.5) is 0 Å². The largest absolute Gasteiger partial charge is 0.497 e. The number of nitrogens with zero attached hydrogens (tertiary/aromatic N) is 4. The van der Waals surface area contributed by atoms with E-state index in [0.717, 1.165) is 28.1 Å². The molecule has 3 heterocycles. The van der Waals surface area contributed by atoms with Gasteiger partial charge in [0.2, 0.25) is 0 Å². The van der Waals surface area contributed by atoms with Crippen LogP contribution in [-0.4, -0.2) is 32.2 Å². The Labute approximate surface area is 162 Å². The van der Waals surface area contributed by atoms with Crippen LogP contribution in [0.15, 0.2) is 61.2 Å². The van der Waals surface area contributed by atoms with E-state index in [1.165, 1.54) is 0 Å². The van der Waals surface area contributed by atoms with Crippen LogP contribution < -0.4 is 10.1 Å². The summed E-state index contributed by atoms with van der Waals surface area (Å²) in [6.07, 6.45) is 7.23. The van der Waals surface area contributed by atoms with Crippen LogP contribution in [0.2, 0.25) is 0 Å². The molecule has 0 aliphatic heterocycles. The van der Waals surface area contributed by atoms with Crippen molar-refractivity contribution in [1.82, 2.24) is 24.5 Å². The number of amides is 1. The molecule has 7 nitrogen and oxygen atoms in total. The van der Waals surface area contributed by atoms with E-state index in [1.54, 1.807) is 28.6 Å². The van der Waals surface area contributed by atoms with Crippen molar-refractivity contribution in [3.8, 4) is 16.9 Å². The maximum atomic E-state index is 12.9. The van der Waals surface area contributed by atoms with Crippen molar-refractivity contribution in [3.63, 3.8) is 0 Å². The van der Waals surface area contributed by atoms with Gasteiger partial charge in [-0.3, -0.25) is 13.9 Å². The monoisotopic (exact) mass is 375 g/mol. The van der Waals surface area contributed by atoms with Crippen molar-refractivity contribution in [2.75, 3.05) is 7.11 Å². The molecule has 0 unspecified atom stereocenters. The fraction of sp³-hybridized carbons (Fsp3) is 0.190. The first kappa shape index (κ1) is 17.8. The number of fused-ring (bicyclic) bond motifs is 1. The molecule has 1 amide bonds. The Bertz CT molecular complexity index is 1130. The normalized spacial score (nSPS) is 12.1. The summed E-state index contributed by atoms with van der Waals surface area (Å²) in [6.45, 7) is 1.95. The van der Waals surface area contributed by atoms with E-state index in [9.17, 15) is 4.79 Å². The summed E-state index contributed by atoms with van der Waals surface area (Å²) in [5.41, 5.74) is 4.15. The van der Waals surface area contributed by atoms with E-state index in [0.29, 0.717) is 5.69 Å². The predicted octanol–water partition coefficient (Wildman–Crippen LogP) is 3.23. The number of aryl methyl sites for hydroxylation is 1. The summed E-state index contributed by atoms with van der Waals surface area (Å²) in [6, 6.07) is 11.4. The third-order valence-electron chi connectivity index (χ3n) is 4.74. The van der Waals surface area contributed by atoms with E-state index < -0.39 is 0 Å². The lowest BCUT2D eigenvalue weighted by Crippen LogP contribution is -2.27. The Balaban J connectivity index is 1.59. The Morgan fingerprint density at radius 2 is 1.86 bits per heavy atom. The Morgan fingerprint density at radius 3 is 2.54 bits per heavy atom. The van der Waals surface area contributed by atoms with Crippen LogP contribution in [0, 0.1) is 0 Å². The number of ether oxygens (including phenoxy) is 1. The molecule has 3 aromatic heterocycles. The third-order valence-corrected chi connectivity index (χ3v) is 4.74. The number of carbonyl (C=O) groups is 1. The summed E-state index contributed by atoms with van der Waals surface area (Å²) >= 11 is 0. The van der Waals surface area contributed by atoms with Gasteiger partial charge in [0.25, 0.3) is 5.91 Å². The van der Waals surface area contributed by atoms with Gasteiger partial charge in [0.05, 0.1) is 25.5 Å². The zero-order valence-corrected chi connectivity index (χ0v) is 16.0. The highest BCUT2D eigenvalue weighted by Gasteiger charge is 2.16. The SMILES string of the molecule is COc1ccc([C@H](C)NC(=O)c2cnc3ccc(-c4cnn(C)c4)cn23)cc1. The predicted molar refractivity (Wildman–Crippen MR) is 106 cm³/mol. The van der Waals surface area contributed by atoms with Gasteiger partial charge in [-0.25, -0.2) is 4.98 Å². The highest BCUT2D eigenvalue weighted by atomic mass is 16.5. The molecule has 0 bridgehead atoms. The van der Waals surface area contributed by atoms with Crippen molar-refractivity contribution in [2.45, 2.75) is 13.0 Å². The van der Waals surface area contributed by atoms with E-state index in [2.05, 4.69) is 15.4 Å². The van der Waals surface area contributed by atoms with Gasteiger partial charge in [0.15, 0.2) is 0 Å². The summed E-state index contributed by atoms with van der Waals surface area (Å²) in [7, 11) is 3.50. The molecule has 7 heteroatoms. The summed E-state index contributed by atoms with van der Waals surface area (Å²) in [4.78, 5) is 17.2. The van der Waals surface area contributed by atoms with Crippen molar-refractivity contribution < 1.29 is 9.53 Å². The molecule has 0 fully saturated rings. The second-order valence-electron chi connectivity index (χ2n) is 6.66. The highest BCUT2D eigenvalue weighted by Crippen LogP contribution is 2.21. The Kier molecular flexibility index (Phi) is 4.57. The summed E-state index contributed by atoms with van der Waals surface area (Å²) in [5, 5.41) is 7.24. The van der Waals surface area contributed by atoms with Crippen LogP contribution >= 0.6 is 0 Å². The van der Waals surface area contributed by atoms with Gasteiger partial charge in [-0.2, -0.15) is 5.10 Å². The minimum Gasteiger partial charge on any atom is -0.497 e. The number of rotatable bonds is 5. The average molecular weight is 375 g/mol. The molecule has 4 aromatic rings. The zero-order valence-electron chi connectivity index (χ0n) is 16.0. The van der Waals surface area contributed by atoms with E-state index in [1.807, 2.05) is 62.8 Å². The Morgan fingerprint density at radius 1 is 1.07 bits per heavy atom. The van der Waals surface area contributed by atoms with E-state index >= 15 is 0 Å². The number of carbonyl (C=O) groups excluding carboxylic acids is 1. The lowest BCUT2D eigenvalue weighted by molar-refractivity contribution is 0.0934. The average Bonchev–Trinajstić information content (AvgIpc) is 3.33. The maximum absolute atomic E-state index is 12.9. The molecule has 0 saturated carbocycles. The molecule has 0 radical (unpaired) electrons. The minimum atomic E-state index is -0.181.